The zero-order valence-electron chi connectivity index (χ0n) is 18.3. The SMILES string of the molecule is C=CC[C@@H](Cc1ccccc1)OC(CC(=C)O[Si](C)(C)C(C)(C)C)OC(C)=O. The van der Waals surface area contributed by atoms with E-state index in [1.807, 2.05) is 24.3 Å². The van der Waals surface area contributed by atoms with Gasteiger partial charge in [0.2, 0.25) is 14.6 Å². The van der Waals surface area contributed by atoms with Gasteiger partial charge in [-0.15, -0.1) is 6.58 Å². The summed E-state index contributed by atoms with van der Waals surface area (Å²) >= 11 is 0. The van der Waals surface area contributed by atoms with Crippen molar-refractivity contribution < 1.29 is 18.7 Å². The second-order valence-electron chi connectivity index (χ2n) is 8.62. The van der Waals surface area contributed by atoms with E-state index in [0.717, 1.165) is 5.56 Å². The van der Waals surface area contributed by atoms with Gasteiger partial charge < -0.3 is 13.9 Å². The minimum Gasteiger partial charge on any atom is -0.547 e. The molecule has 0 fully saturated rings. The molecule has 1 aromatic carbocycles. The van der Waals surface area contributed by atoms with Crippen LogP contribution < -0.4 is 0 Å². The van der Waals surface area contributed by atoms with Crippen LogP contribution in [0.3, 0.4) is 0 Å². The van der Waals surface area contributed by atoms with Crippen LogP contribution in [0.2, 0.25) is 18.1 Å². The van der Waals surface area contributed by atoms with Gasteiger partial charge in [0.1, 0.15) is 0 Å². The lowest BCUT2D eigenvalue weighted by atomic mass is 10.1. The molecule has 5 heteroatoms. The van der Waals surface area contributed by atoms with Crippen LogP contribution in [0.25, 0.3) is 0 Å². The van der Waals surface area contributed by atoms with E-state index in [-0.39, 0.29) is 17.1 Å². The Kier molecular flexibility index (Phi) is 9.18. The van der Waals surface area contributed by atoms with Crippen molar-refractivity contribution in [3.05, 3.63) is 60.9 Å². The molecule has 0 aliphatic rings. The highest BCUT2D eigenvalue weighted by atomic mass is 28.4. The zero-order valence-corrected chi connectivity index (χ0v) is 19.3. The average Bonchev–Trinajstić information content (AvgIpc) is 2.53. The van der Waals surface area contributed by atoms with Gasteiger partial charge in [-0.2, -0.15) is 0 Å². The predicted octanol–water partition coefficient (Wildman–Crippen LogP) is 6.01. The molecule has 0 heterocycles. The maximum atomic E-state index is 11.6. The van der Waals surface area contributed by atoms with Crippen LogP contribution in [0, 0.1) is 0 Å². The topological polar surface area (TPSA) is 44.8 Å². The Morgan fingerprint density at radius 3 is 2.32 bits per heavy atom. The van der Waals surface area contributed by atoms with Crippen molar-refractivity contribution in [2.24, 2.45) is 0 Å². The normalized spacial score (nSPS) is 14.1. The van der Waals surface area contributed by atoms with Crippen LogP contribution in [0.5, 0.6) is 0 Å². The summed E-state index contributed by atoms with van der Waals surface area (Å²) in [7, 11) is -2.00. The summed E-state index contributed by atoms with van der Waals surface area (Å²) in [5, 5.41) is 0.0619. The molecule has 156 valence electrons. The molecule has 0 aliphatic carbocycles. The first-order chi connectivity index (χ1) is 12.9. The maximum absolute atomic E-state index is 11.6. The Balaban J connectivity index is 2.83. The first-order valence-corrected chi connectivity index (χ1v) is 12.7. The summed E-state index contributed by atoms with van der Waals surface area (Å²) in [6.45, 7) is 20.1. The molecule has 2 atom stereocenters. The van der Waals surface area contributed by atoms with Gasteiger partial charge in [-0.25, -0.2) is 0 Å². The molecule has 1 aromatic rings. The van der Waals surface area contributed by atoms with Crippen LogP contribution in [0.4, 0.5) is 0 Å². The van der Waals surface area contributed by atoms with Gasteiger partial charge in [0.15, 0.2) is 0 Å². The summed E-state index contributed by atoms with van der Waals surface area (Å²) < 4.78 is 17.8. The second kappa shape index (κ2) is 10.6. The van der Waals surface area contributed by atoms with Crippen LogP contribution in [-0.4, -0.2) is 26.7 Å². The molecule has 0 saturated carbocycles. The van der Waals surface area contributed by atoms with Crippen LogP contribution in [0.15, 0.2) is 55.3 Å². The number of benzene rings is 1. The molecule has 0 saturated heterocycles. The number of carbonyl (C=O) groups excluding carboxylic acids is 1. The molecule has 0 N–H and O–H groups in total. The molecule has 0 aliphatic heterocycles. The largest absolute Gasteiger partial charge is 0.547 e. The second-order valence-corrected chi connectivity index (χ2v) is 13.3. The van der Waals surface area contributed by atoms with Crippen LogP contribution >= 0.6 is 0 Å². The Hall–Kier alpha value is -1.85. The van der Waals surface area contributed by atoms with Gasteiger partial charge in [-0.1, -0.05) is 63.8 Å². The fourth-order valence-corrected chi connectivity index (χ4v) is 3.62. The minimum atomic E-state index is -2.00. The van der Waals surface area contributed by atoms with Crippen molar-refractivity contribution in [1.29, 1.82) is 0 Å². The van der Waals surface area contributed by atoms with E-state index in [1.54, 1.807) is 0 Å². The highest BCUT2D eigenvalue weighted by Crippen LogP contribution is 2.38. The highest BCUT2D eigenvalue weighted by Gasteiger charge is 2.39. The molecule has 0 amide bonds. The van der Waals surface area contributed by atoms with Crippen molar-refractivity contribution in [2.45, 2.75) is 77.5 Å². The fourth-order valence-electron chi connectivity index (χ4n) is 2.51. The monoisotopic (exact) mass is 404 g/mol. The number of ether oxygens (including phenoxy) is 2. The Morgan fingerprint density at radius 2 is 1.82 bits per heavy atom. The van der Waals surface area contributed by atoms with E-state index in [2.05, 4.69) is 59.2 Å². The van der Waals surface area contributed by atoms with Gasteiger partial charge in [0, 0.05) is 6.92 Å². The standard InChI is InChI=1S/C23H36O4Si/c1-9-13-21(17-20-14-11-10-12-15-20)26-22(25-19(3)24)16-18(2)27-28(7,8)23(4,5)6/h9-12,14-15,21-22H,1-2,13,16-17H2,3-8H3/t21-,22?/m0/s1. The zero-order chi connectivity index (χ0) is 21.4. The Labute approximate surface area is 171 Å². The third-order valence-corrected chi connectivity index (χ3v) is 9.39. The quantitative estimate of drug-likeness (QED) is 0.149. The van der Waals surface area contributed by atoms with E-state index in [4.69, 9.17) is 13.9 Å². The van der Waals surface area contributed by atoms with Crippen molar-refractivity contribution in [3.8, 4) is 0 Å². The molecule has 28 heavy (non-hydrogen) atoms. The molecule has 1 unspecified atom stereocenters. The minimum absolute atomic E-state index is 0.0619. The predicted molar refractivity (Wildman–Crippen MR) is 117 cm³/mol. The van der Waals surface area contributed by atoms with Gasteiger partial charge in [-0.05, 0) is 36.5 Å². The molecular formula is C23H36O4Si. The van der Waals surface area contributed by atoms with Gasteiger partial charge in [0.05, 0.1) is 18.3 Å². The summed E-state index contributed by atoms with van der Waals surface area (Å²) in [4.78, 5) is 11.6. The molecular weight excluding hydrogens is 368 g/mol. The van der Waals surface area contributed by atoms with Gasteiger partial charge in [-0.3, -0.25) is 4.79 Å². The first kappa shape index (κ1) is 24.2. The van der Waals surface area contributed by atoms with E-state index in [1.165, 1.54) is 6.92 Å². The first-order valence-electron chi connectivity index (χ1n) is 9.79. The summed E-state index contributed by atoms with van der Waals surface area (Å²) in [5.74, 6) is 0.206. The molecule has 0 bridgehead atoms. The van der Waals surface area contributed by atoms with Crippen molar-refractivity contribution >= 4 is 14.3 Å². The van der Waals surface area contributed by atoms with Crippen molar-refractivity contribution in [1.82, 2.24) is 0 Å². The number of hydrogen-bond acceptors (Lipinski definition) is 4. The number of rotatable bonds is 11. The smallest absolute Gasteiger partial charge is 0.304 e. The lowest BCUT2D eigenvalue weighted by Crippen LogP contribution is -2.41. The third kappa shape index (κ3) is 8.44. The molecule has 0 spiro atoms. The van der Waals surface area contributed by atoms with Crippen LogP contribution in [-0.2, 0) is 25.1 Å². The van der Waals surface area contributed by atoms with Gasteiger partial charge >= 0.3 is 5.97 Å². The Morgan fingerprint density at radius 1 is 1.21 bits per heavy atom. The molecule has 1 rings (SSSR count). The van der Waals surface area contributed by atoms with E-state index >= 15 is 0 Å². The van der Waals surface area contributed by atoms with Crippen molar-refractivity contribution in [2.75, 3.05) is 0 Å². The lowest BCUT2D eigenvalue weighted by molar-refractivity contribution is -0.187. The van der Waals surface area contributed by atoms with E-state index in [9.17, 15) is 4.79 Å². The number of esters is 1. The number of hydrogen-bond donors (Lipinski definition) is 0. The fraction of sp³-hybridized carbons (Fsp3) is 0.522. The molecule has 0 aromatic heterocycles. The summed E-state index contributed by atoms with van der Waals surface area (Å²) in [6, 6.07) is 10.1. The molecule has 4 nitrogen and oxygen atoms in total. The lowest BCUT2D eigenvalue weighted by Gasteiger charge is -2.37. The van der Waals surface area contributed by atoms with Crippen LogP contribution in [0.1, 0.15) is 46.1 Å². The summed E-state index contributed by atoms with van der Waals surface area (Å²) in [6.07, 6.45) is 2.62. The number of carbonyl (C=O) groups is 1. The molecule has 0 radical (unpaired) electrons. The van der Waals surface area contributed by atoms with Gasteiger partial charge in [0.25, 0.3) is 0 Å². The summed E-state index contributed by atoms with van der Waals surface area (Å²) in [5.41, 5.74) is 1.16. The van der Waals surface area contributed by atoms with E-state index in [0.29, 0.717) is 25.0 Å². The Bertz CT molecular complexity index is 646. The van der Waals surface area contributed by atoms with E-state index < -0.39 is 14.6 Å². The highest BCUT2D eigenvalue weighted by molar-refractivity contribution is 6.74. The maximum Gasteiger partial charge on any atom is 0.304 e. The van der Waals surface area contributed by atoms with Crippen molar-refractivity contribution in [3.63, 3.8) is 0 Å². The third-order valence-electron chi connectivity index (χ3n) is 4.98. The average molecular weight is 405 g/mol.